The molecular weight excluding hydrogens is 294 g/mol. The number of benzene rings is 1. The molecule has 3 nitrogen and oxygen atoms in total. The van der Waals surface area contributed by atoms with Gasteiger partial charge in [-0.05, 0) is 70.1 Å². The Balaban J connectivity index is 1.67. The molecule has 0 spiro atoms. The first kappa shape index (κ1) is 15.9. The normalized spacial score (nSPS) is 22.0. The SMILES string of the molecule is CC1=CN(c2ccc(N3CCCCC3)c(N3CCCCC3)c2)CC1. The lowest BCUT2D eigenvalue weighted by molar-refractivity contribution is 0.565. The highest BCUT2D eigenvalue weighted by Crippen LogP contribution is 2.37. The summed E-state index contributed by atoms with van der Waals surface area (Å²) in [5.74, 6) is 0. The lowest BCUT2D eigenvalue weighted by Gasteiger charge is -2.37. The maximum absolute atomic E-state index is 2.64. The smallest absolute Gasteiger partial charge is 0.0625 e. The van der Waals surface area contributed by atoms with Crippen molar-refractivity contribution < 1.29 is 0 Å². The van der Waals surface area contributed by atoms with Gasteiger partial charge >= 0.3 is 0 Å². The number of hydrogen-bond acceptors (Lipinski definition) is 3. The van der Waals surface area contributed by atoms with Crippen LogP contribution in [0.5, 0.6) is 0 Å². The van der Waals surface area contributed by atoms with Crippen molar-refractivity contribution in [2.45, 2.75) is 51.9 Å². The highest BCUT2D eigenvalue weighted by molar-refractivity contribution is 5.77. The third kappa shape index (κ3) is 3.26. The van der Waals surface area contributed by atoms with Crippen molar-refractivity contribution in [2.24, 2.45) is 0 Å². The molecule has 130 valence electrons. The molecule has 4 rings (SSSR count). The van der Waals surface area contributed by atoms with Crippen LogP contribution < -0.4 is 14.7 Å². The van der Waals surface area contributed by atoms with Crippen LogP contribution in [0.4, 0.5) is 17.1 Å². The summed E-state index contributed by atoms with van der Waals surface area (Å²) in [5.41, 5.74) is 5.81. The van der Waals surface area contributed by atoms with E-state index < -0.39 is 0 Å². The molecule has 3 aliphatic rings. The molecule has 0 saturated carbocycles. The van der Waals surface area contributed by atoms with Crippen molar-refractivity contribution in [1.29, 1.82) is 0 Å². The minimum absolute atomic E-state index is 1.13. The van der Waals surface area contributed by atoms with Crippen LogP contribution in [0.2, 0.25) is 0 Å². The Morgan fingerprint density at radius 3 is 1.92 bits per heavy atom. The zero-order valence-electron chi connectivity index (χ0n) is 15.1. The van der Waals surface area contributed by atoms with Crippen LogP contribution >= 0.6 is 0 Å². The fraction of sp³-hybridized carbons (Fsp3) is 0.619. The van der Waals surface area contributed by atoms with Gasteiger partial charge in [0.05, 0.1) is 11.4 Å². The Kier molecular flexibility index (Phi) is 4.68. The number of anilines is 3. The first-order valence-corrected chi connectivity index (χ1v) is 9.89. The molecule has 1 aromatic carbocycles. The zero-order valence-corrected chi connectivity index (χ0v) is 15.1. The summed E-state index contributed by atoms with van der Waals surface area (Å²) >= 11 is 0. The maximum atomic E-state index is 2.64. The predicted octanol–water partition coefficient (Wildman–Crippen LogP) is 4.78. The molecule has 0 atom stereocenters. The molecule has 2 saturated heterocycles. The number of nitrogens with zero attached hydrogens (tertiary/aromatic N) is 3. The van der Waals surface area contributed by atoms with E-state index in [1.54, 1.807) is 0 Å². The molecule has 24 heavy (non-hydrogen) atoms. The molecule has 0 aliphatic carbocycles. The van der Waals surface area contributed by atoms with Gasteiger partial charge in [-0.3, -0.25) is 0 Å². The van der Waals surface area contributed by atoms with E-state index >= 15 is 0 Å². The van der Waals surface area contributed by atoms with Crippen molar-refractivity contribution >= 4 is 17.1 Å². The van der Waals surface area contributed by atoms with Gasteiger partial charge in [0, 0.05) is 44.6 Å². The quantitative estimate of drug-likeness (QED) is 0.792. The Labute approximate surface area is 146 Å². The first-order chi connectivity index (χ1) is 11.8. The summed E-state index contributed by atoms with van der Waals surface area (Å²) in [5, 5.41) is 0. The number of piperidine rings is 2. The molecule has 0 unspecified atom stereocenters. The first-order valence-electron chi connectivity index (χ1n) is 9.89. The molecule has 0 N–H and O–H groups in total. The Morgan fingerprint density at radius 1 is 0.708 bits per heavy atom. The largest absolute Gasteiger partial charge is 0.370 e. The van der Waals surface area contributed by atoms with Crippen molar-refractivity contribution in [3.05, 3.63) is 30.0 Å². The van der Waals surface area contributed by atoms with Crippen LogP contribution in [0.15, 0.2) is 30.0 Å². The van der Waals surface area contributed by atoms with Gasteiger partial charge in [0.1, 0.15) is 0 Å². The van der Waals surface area contributed by atoms with Crippen LogP contribution in [-0.2, 0) is 0 Å². The maximum Gasteiger partial charge on any atom is 0.0625 e. The highest BCUT2D eigenvalue weighted by atomic mass is 15.2. The Morgan fingerprint density at radius 2 is 1.33 bits per heavy atom. The number of rotatable bonds is 3. The standard InChI is InChI=1S/C21H31N3/c1-18-10-15-24(17-18)19-8-9-20(22-11-4-2-5-12-22)21(16-19)23-13-6-3-7-14-23/h8-9,16-17H,2-7,10-15H2,1H3. The van der Waals surface area contributed by atoms with E-state index in [0.717, 1.165) is 6.54 Å². The van der Waals surface area contributed by atoms with E-state index in [2.05, 4.69) is 46.0 Å². The second-order valence-corrected chi connectivity index (χ2v) is 7.69. The Hall–Kier alpha value is -1.64. The average Bonchev–Trinajstić information content (AvgIpc) is 3.09. The predicted molar refractivity (Wildman–Crippen MR) is 104 cm³/mol. The van der Waals surface area contributed by atoms with Gasteiger partial charge in [-0.2, -0.15) is 0 Å². The summed E-state index contributed by atoms with van der Waals surface area (Å²) in [6.07, 6.45) is 11.7. The molecule has 3 aliphatic heterocycles. The monoisotopic (exact) mass is 325 g/mol. The average molecular weight is 326 g/mol. The minimum atomic E-state index is 1.13. The molecule has 0 aromatic heterocycles. The molecular formula is C21H31N3. The summed E-state index contributed by atoms with van der Waals surface area (Å²) in [6, 6.07) is 7.20. The van der Waals surface area contributed by atoms with Gasteiger partial charge in [0.15, 0.2) is 0 Å². The van der Waals surface area contributed by atoms with Crippen LogP contribution in [-0.4, -0.2) is 32.7 Å². The Bertz CT molecular complexity index is 595. The fourth-order valence-electron chi connectivity index (χ4n) is 4.38. The van der Waals surface area contributed by atoms with E-state index in [0.29, 0.717) is 0 Å². The molecule has 3 heterocycles. The fourth-order valence-corrected chi connectivity index (χ4v) is 4.38. The summed E-state index contributed by atoms with van der Waals surface area (Å²) < 4.78 is 0. The van der Waals surface area contributed by atoms with Crippen molar-refractivity contribution in [2.75, 3.05) is 47.4 Å². The van der Waals surface area contributed by atoms with E-state index in [1.165, 1.54) is 93.8 Å². The van der Waals surface area contributed by atoms with E-state index in [-0.39, 0.29) is 0 Å². The second-order valence-electron chi connectivity index (χ2n) is 7.69. The van der Waals surface area contributed by atoms with Gasteiger partial charge in [-0.15, -0.1) is 0 Å². The lowest BCUT2D eigenvalue weighted by Crippen LogP contribution is -2.34. The van der Waals surface area contributed by atoms with Gasteiger partial charge < -0.3 is 14.7 Å². The molecule has 3 heteroatoms. The molecule has 0 amide bonds. The van der Waals surface area contributed by atoms with E-state index in [1.807, 2.05) is 0 Å². The van der Waals surface area contributed by atoms with Crippen LogP contribution in [0.25, 0.3) is 0 Å². The molecule has 0 radical (unpaired) electrons. The van der Waals surface area contributed by atoms with E-state index in [9.17, 15) is 0 Å². The lowest BCUT2D eigenvalue weighted by atomic mass is 10.1. The highest BCUT2D eigenvalue weighted by Gasteiger charge is 2.21. The topological polar surface area (TPSA) is 9.72 Å². The van der Waals surface area contributed by atoms with Crippen molar-refractivity contribution in [1.82, 2.24) is 0 Å². The van der Waals surface area contributed by atoms with Crippen LogP contribution in [0.1, 0.15) is 51.9 Å². The molecule has 2 fully saturated rings. The van der Waals surface area contributed by atoms with Crippen LogP contribution in [0, 0.1) is 0 Å². The van der Waals surface area contributed by atoms with Gasteiger partial charge in [0.2, 0.25) is 0 Å². The molecule has 0 bridgehead atoms. The third-order valence-corrected chi connectivity index (χ3v) is 5.81. The summed E-state index contributed by atoms with van der Waals surface area (Å²) in [6.45, 7) is 8.27. The molecule has 1 aromatic rings. The summed E-state index contributed by atoms with van der Waals surface area (Å²) in [4.78, 5) is 7.70. The van der Waals surface area contributed by atoms with E-state index in [4.69, 9.17) is 0 Å². The minimum Gasteiger partial charge on any atom is -0.370 e. The second kappa shape index (κ2) is 7.08. The summed E-state index contributed by atoms with van der Waals surface area (Å²) in [7, 11) is 0. The van der Waals surface area contributed by atoms with Crippen LogP contribution in [0.3, 0.4) is 0 Å². The third-order valence-electron chi connectivity index (χ3n) is 5.81. The zero-order chi connectivity index (χ0) is 16.4. The van der Waals surface area contributed by atoms with Crippen molar-refractivity contribution in [3.8, 4) is 0 Å². The van der Waals surface area contributed by atoms with Gasteiger partial charge in [-0.1, -0.05) is 5.57 Å². The van der Waals surface area contributed by atoms with Gasteiger partial charge in [0.25, 0.3) is 0 Å². The number of hydrogen-bond donors (Lipinski definition) is 0. The van der Waals surface area contributed by atoms with Gasteiger partial charge in [-0.25, -0.2) is 0 Å². The van der Waals surface area contributed by atoms with Crippen molar-refractivity contribution in [3.63, 3.8) is 0 Å².